The van der Waals surface area contributed by atoms with Crippen LogP contribution in [0.5, 0.6) is 0 Å². The molecule has 0 saturated heterocycles. The Bertz CT molecular complexity index is 545. The van der Waals surface area contributed by atoms with Crippen LogP contribution in [0.4, 0.5) is 0 Å². The third-order valence-electron chi connectivity index (χ3n) is 2.55. The quantitative estimate of drug-likeness (QED) is 0.892. The van der Waals surface area contributed by atoms with Crippen molar-refractivity contribution in [3.63, 3.8) is 0 Å². The van der Waals surface area contributed by atoms with Gasteiger partial charge in [-0.1, -0.05) is 23.2 Å². The fourth-order valence-electron chi connectivity index (χ4n) is 1.77. The number of halogens is 1. The van der Waals surface area contributed by atoms with E-state index in [4.69, 9.17) is 16.7 Å². The van der Waals surface area contributed by atoms with Gasteiger partial charge >= 0.3 is 5.97 Å². The third-order valence-corrected chi connectivity index (χ3v) is 2.86. The average molecular weight is 238 g/mol. The lowest BCUT2D eigenvalue weighted by Gasteiger charge is -2.02. The summed E-state index contributed by atoms with van der Waals surface area (Å²) in [7, 11) is 0. The highest BCUT2D eigenvalue weighted by molar-refractivity contribution is 6.35. The maximum atomic E-state index is 10.5. The van der Waals surface area contributed by atoms with Crippen LogP contribution in [0.2, 0.25) is 5.02 Å². The number of carbonyl (C=O) groups is 1. The number of rotatable bonds is 3. The first kappa shape index (κ1) is 11.0. The highest BCUT2D eigenvalue weighted by atomic mass is 35.5. The van der Waals surface area contributed by atoms with Crippen LogP contribution in [0, 0.1) is 6.92 Å². The Morgan fingerprint density at radius 3 is 2.94 bits per heavy atom. The third kappa shape index (κ3) is 2.04. The minimum absolute atomic E-state index is 0.105. The van der Waals surface area contributed by atoms with Crippen LogP contribution in [0.3, 0.4) is 0 Å². The molecule has 0 fully saturated rings. The van der Waals surface area contributed by atoms with E-state index < -0.39 is 5.97 Å². The second-order valence-corrected chi connectivity index (χ2v) is 4.24. The van der Waals surface area contributed by atoms with E-state index in [1.807, 2.05) is 29.7 Å². The predicted octanol–water partition coefficient (Wildman–Crippen LogP) is 3.08. The minimum atomic E-state index is -0.801. The molecule has 16 heavy (non-hydrogen) atoms. The molecule has 0 radical (unpaired) electrons. The van der Waals surface area contributed by atoms with E-state index in [0.717, 1.165) is 16.5 Å². The molecule has 0 amide bonds. The molecule has 2 aromatic rings. The molecule has 0 bridgehead atoms. The van der Waals surface area contributed by atoms with E-state index in [9.17, 15) is 4.79 Å². The second-order valence-electron chi connectivity index (χ2n) is 3.83. The van der Waals surface area contributed by atoms with Gasteiger partial charge < -0.3 is 9.67 Å². The molecule has 0 aliphatic heterocycles. The molecular weight excluding hydrogens is 226 g/mol. The number of carboxylic acid groups (broad SMARTS) is 1. The van der Waals surface area contributed by atoms with Gasteiger partial charge in [0.05, 0.1) is 11.4 Å². The number of nitrogens with zero attached hydrogens (tertiary/aromatic N) is 1. The van der Waals surface area contributed by atoms with Crippen LogP contribution >= 0.6 is 11.6 Å². The monoisotopic (exact) mass is 237 g/mol. The van der Waals surface area contributed by atoms with E-state index >= 15 is 0 Å². The van der Waals surface area contributed by atoms with Gasteiger partial charge in [0.1, 0.15) is 0 Å². The summed E-state index contributed by atoms with van der Waals surface area (Å²) >= 11 is 6.10. The molecular formula is C12H12ClNO2. The Labute approximate surface area is 98.3 Å². The fraction of sp³-hybridized carbons (Fsp3) is 0.250. The molecule has 1 N–H and O–H groups in total. The molecule has 2 rings (SSSR count). The van der Waals surface area contributed by atoms with Gasteiger partial charge in [-0.2, -0.15) is 0 Å². The van der Waals surface area contributed by atoms with E-state index in [-0.39, 0.29) is 6.42 Å². The molecule has 1 heterocycles. The van der Waals surface area contributed by atoms with Crippen molar-refractivity contribution in [2.75, 3.05) is 0 Å². The van der Waals surface area contributed by atoms with Crippen molar-refractivity contribution in [2.45, 2.75) is 19.9 Å². The molecule has 1 aromatic carbocycles. The summed E-state index contributed by atoms with van der Waals surface area (Å²) in [4.78, 5) is 10.5. The zero-order valence-electron chi connectivity index (χ0n) is 8.90. The number of aliphatic carboxylic acids is 1. The fourth-order valence-corrected chi connectivity index (χ4v) is 2.04. The van der Waals surface area contributed by atoms with E-state index in [0.29, 0.717) is 11.6 Å². The second kappa shape index (κ2) is 4.18. The molecule has 0 aliphatic carbocycles. The van der Waals surface area contributed by atoms with Gasteiger partial charge in [0.25, 0.3) is 0 Å². The SMILES string of the molecule is Cc1ccc2c(c1)c(Cl)cn2CCC(=O)O. The molecule has 0 unspecified atom stereocenters. The van der Waals surface area contributed by atoms with Crippen molar-refractivity contribution in [3.05, 3.63) is 35.0 Å². The Morgan fingerprint density at radius 1 is 1.50 bits per heavy atom. The molecule has 3 nitrogen and oxygen atoms in total. The number of aryl methyl sites for hydroxylation is 2. The first-order valence-electron chi connectivity index (χ1n) is 5.05. The minimum Gasteiger partial charge on any atom is -0.481 e. The van der Waals surface area contributed by atoms with Crippen molar-refractivity contribution in [3.8, 4) is 0 Å². The summed E-state index contributed by atoms with van der Waals surface area (Å²) in [5, 5.41) is 10.3. The van der Waals surface area contributed by atoms with Crippen molar-refractivity contribution < 1.29 is 9.90 Å². The summed E-state index contributed by atoms with van der Waals surface area (Å²) < 4.78 is 1.88. The van der Waals surface area contributed by atoms with Gasteiger partial charge in [0, 0.05) is 23.6 Å². The number of benzene rings is 1. The highest BCUT2D eigenvalue weighted by Gasteiger charge is 2.07. The Kier molecular flexibility index (Phi) is 2.88. The number of fused-ring (bicyclic) bond motifs is 1. The summed E-state index contributed by atoms with van der Waals surface area (Å²) in [6, 6.07) is 5.98. The van der Waals surface area contributed by atoms with Crippen LogP contribution in [0.25, 0.3) is 10.9 Å². The van der Waals surface area contributed by atoms with Gasteiger partial charge in [-0.3, -0.25) is 4.79 Å². The largest absolute Gasteiger partial charge is 0.481 e. The van der Waals surface area contributed by atoms with Crippen LogP contribution in [-0.4, -0.2) is 15.6 Å². The molecule has 84 valence electrons. The molecule has 4 heteroatoms. The zero-order valence-corrected chi connectivity index (χ0v) is 9.66. The topological polar surface area (TPSA) is 42.2 Å². The first-order valence-corrected chi connectivity index (χ1v) is 5.42. The number of hydrogen-bond acceptors (Lipinski definition) is 1. The van der Waals surface area contributed by atoms with Gasteiger partial charge in [-0.25, -0.2) is 0 Å². The van der Waals surface area contributed by atoms with Gasteiger partial charge in [0.2, 0.25) is 0 Å². The molecule has 1 aromatic heterocycles. The van der Waals surface area contributed by atoms with Gasteiger partial charge in [0.15, 0.2) is 0 Å². The lowest BCUT2D eigenvalue weighted by Crippen LogP contribution is -2.03. The Morgan fingerprint density at radius 2 is 2.25 bits per heavy atom. The highest BCUT2D eigenvalue weighted by Crippen LogP contribution is 2.26. The Balaban J connectivity index is 2.43. The number of carboxylic acids is 1. The van der Waals surface area contributed by atoms with Crippen LogP contribution < -0.4 is 0 Å². The first-order chi connectivity index (χ1) is 7.58. The standard InChI is InChI=1S/C12H12ClNO2/c1-8-2-3-11-9(6-8)10(13)7-14(11)5-4-12(15)16/h2-3,6-7H,4-5H2,1H3,(H,15,16). The van der Waals surface area contributed by atoms with Crippen molar-refractivity contribution in [1.82, 2.24) is 4.57 Å². The summed E-state index contributed by atoms with van der Waals surface area (Å²) in [5.41, 5.74) is 2.13. The summed E-state index contributed by atoms with van der Waals surface area (Å²) in [6.07, 6.45) is 1.89. The van der Waals surface area contributed by atoms with E-state index in [1.54, 1.807) is 6.20 Å². The van der Waals surface area contributed by atoms with Crippen molar-refractivity contribution in [2.24, 2.45) is 0 Å². The van der Waals surface area contributed by atoms with Crippen molar-refractivity contribution in [1.29, 1.82) is 0 Å². The van der Waals surface area contributed by atoms with Crippen LogP contribution in [0.1, 0.15) is 12.0 Å². The maximum absolute atomic E-state index is 10.5. The summed E-state index contributed by atoms with van der Waals surface area (Å²) in [5.74, 6) is -0.801. The van der Waals surface area contributed by atoms with E-state index in [2.05, 4.69) is 0 Å². The zero-order chi connectivity index (χ0) is 11.7. The number of aromatic nitrogens is 1. The molecule has 0 aliphatic rings. The molecule has 0 saturated carbocycles. The molecule has 0 atom stereocenters. The lowest BCUT2D eigenvalue weighted by atomic mass is 10.2. The molecule has 0 spiro atoms. The van der Waals surface area contributed by atoms with E-state index in [1.165, 1.54) is 0 Å². The number of hydrogen-bond donors (Lipinski definition) is 1. The Hall–Kier alpha value is -1.48. The van der Waals surface area contributed by atoms with Crippen LogP contribution in [-0.2, 0) is 11.3 Å². The maximum Gasteiger partial charge on any atom is 0.305 e. The normalized spacial score (nSPS) is 10.9. The van der Waals surface area contributed by atoms with Crippen LogP contribution in [0.15, 0.2) is 24.4 Å². The smallest absolute Gasteiger partial charge is 0.305 e. The van der Waals surface area contributed by atoms with Gasteiger partial charge in [-0.05, 0) is 19.1 Å². The van der Waals surface area contributed by atoms with Gasteiger partial charge in [-0.15, -0.1) is 0 Å². The van der Waals surface area contributed by atoms with Crippen molar-refractivity contribution >= 4 is 28.5 Å². The lowest BCUT2D eigenvalue weighted by molar-refractivity contribution is -0.137. The predicted molar refractivity (Wildman–Crippen MR) is 63.9 cm³/mol. The average Bonchev–Trinajstić information content (AvgIpc) is 2.53. The summed E-state index contributed by atoms with van der Waals surface area (Å²) in [6.45, 7) is 2.45.